The van der Waals surface area contributed by atoms with Gasteiger partial charge in [-0.15, -0.1) is 0 Å². The molecule has 1 aliphatic carbocycles. The molecule has 5 heteroatoms. The number of nitrogens with zero attached hydrogens (tertiary/aromatic N) is 1. The molecule has 0 unspecified atom stereocenters. The van der Waals surface area contributed by atoms with Crippen LogP contribution in [0.15, 0.2) is 18.3 Å². The Labute approximate surface area is 105 Å². The first-order valence-electron chi connectivity index (χ1n) is 5.98. The molecular weight excluding hydrogens is 232 g/mol. The Morgan fingerprint density at radius 3 is 2.78 bits per heavy atom. The monoisotopic (exact) mass is 248 g/mol. The summed E-state index contributed by atoms with van der Waals surface area (Å²) in [7, 11) is 0. The van der Waals surface area contributed by atoms with Gasteiger partial charge in [0.25, 0.3) is 5.91 Å². The highest BCUT2D eigenvalue weighted by molar-refractivity contribution is 5.95. The van der Waals surface area contributed by atoms with E-state index in [-0.39, 0.29) is 22.6 Å². The fraction of sp³-hybridized carbons (Fsp3) is 0.462. The summed E-state index contributed by atoms with van der Waals surface area (Å²) in [5, 5.41) is 11.7. The third kappa shape index (κ3) is 2.67. The Morgan fingerprint density at radius 2 is 2.22 bits per heavy atom. The number of carbonyl (C=O) groups excluding carboxylic acids is 1. The number of carboxylic acids is 1. The smallest absolute Gasteiger partial charge is 0.335 e. The number of amides is 1. The highest BCUT2D eigenvalue weighted by atomic mass is 16.4. The van der Waals surface area contributed by atoms with Crippen molar-refractivity contribution < 1.29 is 14.7 Å². The van der Waals surface area contributed by atoms with Crippen molar-refractivity contribution in [1.29, 1.82) is 0 Å². The van der Waals surface area contributed by atoms with Crippen LogP contribution in [0.5, 0.6) is 0 Å². The van der Waals surface area contributed by atoms with Crippen molar-refractivity contribution in [3.8, 4) is 0 Å². The predicted molar refractivity (Wildman–Crippen MR) is 65.5 cm³/mol. The Bertz CT molecular complexity index is 481. The summed E-state index contributed by atoms with van der Waals surface area (Å²) in [4.78, 5) is 26.5. The molecule has 0 saturated heterocycles. The first-order chi connectivity index (χ1) is 8.50. The maximum absolute atomic E-state index is 11.8. The zero-order chi connectivity index (χ0) is 13.2. The van der Waals surface area contributed by atoms with Gasteiger partial charge in [-0.25, -0.2) is 4.79 Å². The Hall–Kier alpha value is -1.91. The number of aromatic carboxylic acids is 1. The molecule has 96 valence electrons. The summed E-state index contributed by atoms with van der Waals surface area (Å²) < 4.78 is 0. The maximum Gasteiger partial charge on any atom is 0.335 e. The number of rotatable bonds is 4. The van der Waals surface area contributed by atoms with Crippen LogP contribution < -0.4 is 5.32 Å². The van der Waals surface area contributed by atoms with E-state index >= 15 is 0 Å². The van der Waals surface area contributed by atoms with Gasteiger partial charge in [0.15, 0.2) is 0 Å². The highest BCUT2D eigenvalue weighted by Crippen LogP contribution is 2.39. The van der Waals surface area contributed by atoms with Crippen molar-refractivity contribution in [1.82, 2.24) is 10.3 Å². The minimum atomic E-state index is -1.06. The van der Waals surface area contributed by atoms with Crippen LogP contribution in [-0.2, 0) is 0 Å². The summed E-state index contributed by atoms with van der Waals surface area (Å²) in [6.45, 7) is 2.75. The van der Waals surface area contributed by atoms with Gasteiger partial charge in [-0.3, -0.25) is 9.78 Å². The first kappa shape index (κ1) is 12.5. The van der Waals surface area contributed by atoms with Crippen molar-refractivity contribution in [3.05, 3.63) is 29.6 Å². The number of carbonyl (C=O) groups is 2. The van der Waals surface area contributed by atoms with E-state index in [9.17, 15) is 9.59 Å². The summed E-state index contributed by atoms with van der Waals surface area (Å²) in [5.41, 5.74) is 0.419. The molecule has 18 heavy (non-hydrogen) atoms. The van der Waals surface area contributed by atoms with Gasteiger partial charge < -0.3 is 10.4 Å². The second-order valence-corrected chi connectivity index (χ2v) is 5.08. The fourth-order valence-corrected chi connectivity index (χ4v) is 2.03. The van der Waals surface area contributed by atoms with Crippen molar-refractivity contribution in [2.45, 2.75) is 26.2 Å². The van der Waals surface area contributed by atoms with Gasteiger partial charge in [-0.05, 0) is 30.4 Å². The largest absolute Gasteiger partial charge is 0.478 e. The molecule has 0 atom stereocenters. The lowest BCUT2D eigenvalue weighted by molar-refractivity contribution is 0.0696. The topological polar surface area (TPSA) is 79.3 Å². The molecule has 1 saturated carbocycles. The van der Waals surface area contributed by atoms with Crippen LogP contribution in [0.2, 0.25) is 0 Å². The molecule has 1 heterocycles. The molecule has 5 nitrogen and oxygen atoms in total. The first-order valence-corrected chi connectivity index (χ1v) is 5.98. The van der Waals surface area contributed by atoms with Gasteiger partial charge in [-0.1, -0.05) is 13.3 Å². The van der Waals surface area contributed by atoms with E-state index < -0.39 is 5.97 Å². The Balaban J connectivity index is 2.00. The molecule has 2 N–H and O–H groups in total. The van der Waals surface area contributed by atoms with Crippen LogP contribution in [0, 0.1) is 5.41 Å². The minimum Gasteiger partial charge on any atom is -0.478 e. The predicted octanol–water partition coefficient (Wildman–Crippen LogP) is 1.70. The van der Waals surface area contributed by atoms with E-state index in [1.807, 2.05) is 0 Å². The zero-order valence-electron chi connectivity index (χ0n) is 10.3. The summed E-state index contributed by atoms with van der Waals surface area (Å²) in [6.07, 6.45) is 4.79. The third-order valence-corrected chi connectivity index (χ3v) is 3.48. The summed E-state index contributed by atoms with van der Waals surface area (Å²) in [6, 6.07) is 2.66. The lowest BCUT2D eigenvalue weighted by atomic mass is 9.70. The molecule has 0 bridgehead atoms. The molecule has 1 fully saturated rings. The van der Waals surface area contributed by atoms with Gasteiger partial charge >= 0.3 is 5.97 Å². The second kappa shape index (κ2) is 4.76. The van der Waals surface area contributed by atoms with Crippen LogP contribution >= 0.6 is 0 Å². The normalized spacial score (nSPS) is 16.7. The Morgan fingerprint density at radius 1 is 1.50 bits per heavy atom. The average molecular weight is 248 g/mol. The third-order valence-electron chi connectivity index (χ3n) is 3.48. The molecular formula is C13H16N2O3. The minimum absolute atomic E-state index is 0.0741. The van der Waals surface area contributed by atoms with E-state index in [4.69, 9.17) is 5.11 Å². The van der Waals surface area contributed by atoms with E-state index in [1.54, 1.807) is 0 Å². The molecule has 0 spiro atoms. The van der Waals surface area contributed by atoms with Gasteiger partial charge in [-0.2, -0.15) is 0 Å². The van der Waals surface area contributed by atoms with Gasteiger partial charge in [0, 0.05) is 12.7 Å². The van der Waals surface area contributed by atoms with Crippen molar-refractivity contribution >= 4 is 11.9 Å². The lowest BCUT2D eigenvalue weighted by Crippen LogP contribution is -2.40. The summed E-state index contributed by atoms with van der Waals surface area (Å²) >= 11 is 0. The number of aromatic nitrogens is 1. The number of carboxylic acid groups (broad SMARTS) is 1. The number of pyridine rings is 1. The quantitative estimate of drug-likeness (QED) is 0.850. The van der Waals surface area contributed by atoms with Crippen LogP contribution in [-0.4, -0.2) is 28.5 Å². The van der Waals surface area contributed by atoms with E-state index in [0.29, 0.717) is 6.54 Å². The maximum atomic E-state index is 11.8. The molecule has 1 amide bonds. The number of hydrogen-bond donors (Lipinski definition) is 2. The highest BCUT2D eigenvalue weighted by Gasteiger charge is 2.32. The molecule has 1 aromatic rings. The average Bonchev–Trinajstić information content (AvgIpc) is 2.33. The fourth-order valence-electron chi connectivity index (χ4n) is 2.03. The molecule has 0 aromatic carbocycles. The molecule has 0 aliphatic heterocycles. The SMILES string of the molecule is CC1(CNC(=O)c2cc(C(=O)O)ccn2)CCC1. The van der Waals surface area contributed by atoms with E-state index in [0.717, 1.165) is 12.8 Å². The van der Waals surface area contributed by atoms with Crippen molar-refractivity contribution in [2.75, 3.05) is 6.54 Å². The zero-order valence-corrected chi connectivity index (χ0v) is 10.3. The Kier molecular flexibility index (Phi) is 3.32. The number of nitrogens with one attached hydrogen (secondary N) is 1. The van der Waals surface area contributed by atoms with E-state index in [1.165, 1.54) is 24.8 Å². The van der Waals surface area contributed by atoms with Crippen molar-refractivity contribution in [2.24, 2.45) is 5.41 Å². The van der Waals surface area contributed by atoms with Crippen molar-refractivity contribution in [3.63, 3.8) is 0 Å². The molecule has 2 rings (SSSR count). The van der Waals surface area contributed by atoms with Gasteiger partial charge in [0.05, 0.1) is 5.56 Å². The van der Waals surface area contributed by atoms with Crippen LogP contribution in [0.25, 0.3) is 0 Å². The van der Waals surface area contributed by atoms with Crippen LogP contribution in [0.3, 0.4) is 0 Å². The van der Waals surface area contributed by atoms with Crippen LogP contribution in [0.4, 0.5) is 0 Å². The van der Waals surface area contributed by atoms with E-state index in [2.05, 4.69) is 17.2 Å². The molecule has 1 aliphatic rings. The standard InChI is InChI=1S/C13H16N2O3/c1-13(4-2-5-13)8-15-11(16)10-7-9(12(17)18)3-6-14-10/h3,6-7H,2,4-5,8H2,1H3,(H,15,16)(H,17,18). The second-order valence-electron chi connectivity index (χ2n) is 5.08. The van der Waals surface area contributed by atoms with Crippen LogP contribution in [0.1, 0.15) is 47.0 Å². The number of hydrogen-bond acceptors (Lipinski definition) is 3. The lowest BCUT2D eigenvalue weighted by Gasteiger charge is -2.38. The molecule has 1 aromatic heterocycles. The molecule has 0 radical (unpaired) electrons. The summed E-state index contributed by atoms with van der Waals surface area (Å²) in [5.74, 6) is -1.37. The van der Waals surface area contributed by atoms with Gasteiger partial charge in [0.1, 0.15) is 5.69 Å². The van der Waals surface area contributed by atoms with Gasteiger partial charge in [0.2, 0.25) is 0 Å².